The van der Waals surface area contributed by atoms with Crippen LogP contribution in [-0.4, -0.2) is 24.9 Å². The molecule has 1 aromatic rings. The molecule has 0 spiro atoms. The number of ether oxygens (including phenoxy) is 1. The molecule has 3 nitrogen and oxygen atoms in total. The Kier molecular flexibility index (Phi) is 5.38. The lowest BCUT2D eigenvalue weighted by atomic mass is 10.1. The van der Waals surface area contributed by atoms with Crippen molar-refractivity contribution >= 4 is 0 Å². The molecule has 0 amide bonds. The Labute approximate surface area is 95.0 Å². The predicted molar refractivity (Wildman–Crippen MR) is 60.6 cm³/mol. The van der Waals surface area contributed by atoms with Gasteiger partial charge in [0.15, 0.2) is 0 Å². The molecule has 0 aliphatic heterocycles. The average molecular weight is 227 g/mol. The summed E-state index contributed by atoms with van der Waals surface area (Å²) in [6.45, 7) is 2.60. The number of halogens is 1. The molecule has 0 aromatic heterocycles. The van der Waals surface area contributed by atoms with Crippen LogP contribution in [0.3, 0.4) is 0 Å². The molecule has 16 heavy (non-hydrogen) atoms. The van der Waals surface area contributed by atoms with Crippen LogP contribution in [0.4, 0.5) is 4.39 Å². The van der Waals surface area contributed by atoms with E-state index in [-0.39, 0.29) is 18.5 Å². The maximum Gasteiger partial charge on any atom is 0.126 e. The second-order valence-electron chi connectivity index (χ2n) is 3.68. The molecule has 1 unspecified atom stereocenters. The molecule has 0 saturated carbocycles. The first-order chi connectivity index (χ1) is 7.69. The van der Waals surface area contributed by atoms with Gasteiger partial charge in [0, 0.05) is 19.8 Å². The molecular formula is C12H18FNO2. The first kappa shape index (κ1) is 13.1. The van der Waals surface area contributed by atoms with Crippen LogP contribution >= 0.6 is 0 Å². The van der Waals surface area contributed by atoms with Gasteiger partial charge < -0.3 is 15.6 Å². The van der Waals surface area contributed by atoms with E-state index in [0.717, 1.165) is 5.56 Å². The molecule has 0 fully saturated rings. The van der Waals surface area contributed by atoms with Crippen molar-refractivity contribution in [1.29, 1.82) is 0 Å². The first-order valence-electron chi connectivity index (χ1n) is 5.37. The van der Waals surface area contributed by atoms with Crippen LogP contribution in [0.5, 0.6) is 0 Å². The summed E-state index contributed by atoms with van der Waals surface area (Å²) in [5, 5.41) is 8.64. The van der Waals surface area contributed by atoms with Gasteiger partial charge in [-0.15, -0.1) is 0 Å². The minimum absolute atomic E-state index is 0.0970. The summed E-state index contributed by atoms with van der Waals surface area (Å²) in [7, 11) is 0. The molecule has 4 heteroatoms. The number of benzene rings is 1. The van der Waals surface area contributed by atoms with Gasteiger partial charge in [-0.05, 0) is 30.5 Å². The Morgan fingerprint density at radius 1 is 1.50 bits per heavy atom. The fourth-order valence-corrected chi connectivity index (χ4v) is 1.46. The number of hydrogen-bond acceptors (Lipinski definition) is 3. The molecule has 0 heterocycles. The van der Waals surface area contributed by atoms with Crippen LogP contribution < -0.4 is 5.73 Å². The summed E-state index contributed by atoms with van der Waals surface area (Å²) in [6, 6.07) is 4.84. The van der Waals surface area contributed by atoms with Gasteiger partial charge in [0.2, 0.25) is 0 Å². The second-order valence-corrected chi connectivity index (χ2v) is 3.68. The zero-order valence-corrected chi connectivity index (χ0v) is 9.45. The summed E-state index contributed by atoms with van der Waals surface area (Å²) in [5.41, 5.74) is 7.05. The lowest BCUT2D eigenvalue weighted by molar-refractivity contribution is 0.0488. The highest BCUT2D eigenvalue weighted by Gasteiger charge is 2.11. The Balaban J connectivity index is 2.67. The molecule has 0 radical (unpaired) electrons. The first-order valence-corrected chi connectivity index (χ1v) is 5.37. The van der Waals surface area contributed by atoms with Crippen LogP contribution in [-0.2, 0) is 4.74 Å². The second kappa shape index (κ2) is 6.58. The number of rotatable bonds is 6. The van der Waals surface area contributed by atoms with Crippen LogP contribution in [0.2, 0.25) is 0 Å². The molecule has 90 valence electrons. The molecule has 3 N–H and O–H groups in total. The van der Waals surface area contributed by atoms with Crippen molar-refractivity contribution in [3.05, 3.63) is 35.1 Å². The Bertz CT molecular complexity index is 331. The van der Waals surface area contributed by atoms with Crippen molar-refractivity contribution in [2.45, 2.75) is 19.4 Å². The number of hydrogen-bond donors (Lipinski definition) is 2. The number of nitrogens with two attached hydrogens (primary N) is 1. The SMILES string of the molecule is Cc1cc(C(CN)OCCCO)ccc1F. The van der Waals surface area contributed by atoms with Gasteiger partial charge in [0.1, 0.15) is 5.82 Å². The van der Waals surface area contributed by atoms with E-state index in [4.69, 9.17) is 15.6 Å². The van der Waals surface area contributed by atoms with E-state index < -0.39 is 0 Å². The van der Waals surface area contributed by atoms with Crippen molar-refractivity contribution in [3.8, 4) is 0 Å². The fourth-order valence-electron chi connectivity index (χ4n) is 1.46. The monoisotopic (exact) mass is 227 g/mol. The fraction of sp³-hybridized carbons (Fsp3) is 0.500. The van der Waals surface area contributed by atoms with Crippen LogP contribution in [0.25, 0.3) is 0 Å². The van der Waals surface area contributed by atoms with E-state index in [1.165, 1.54) is 6.07 Å². The van der Waals surface area contributed by atoms with E-state index in [1.807, 2.05) is 0 Å². The Hall–Kier alpha value is -0.970. The molecule has 0 saturated heterocycles. The number of aliphatic hydroxyl groups is 1. The summed E-state index contributed by atoms with van der Waals surface area (Å²) >= 11 is 0. The van der Waals surface area contributed by atoms with Gasteiger partial charge in [-0.25, -0.2) is 4.39 Å². The lowest BCUT2D eigenvalue weighted by Crippen LogP contribution is -2.17. The smallest absolute Gasteiger partial charge is 0.126 e. The number of aryl methyl sites for hydroxylation is 1. The third-order valence-electron chi connectivity index (χ3n) is 2.39. The highest BCUT2D eigenvalue weighted by Crippen LogP contribution is 2.19. The van der Waals surface area contributed by atoms with E-state index in [9.17, 15) is 4.39 Å². The standard InChI is InChI=1S/C12H18FNO2/c1-9-7-10(3-4-11(9)13)12(8-14)16-6-2-5-15/h3-4,7,12,15H,2,5-6,8,14H2,1H3. The number of aliphatic hydroxyl groups excluding tert-OH is 1. The molecule has 1 atom stereocenters. The van der Waals surface area contributed by atoms with Crippen molar-refractivity contribution < 1.29 is 14.2 Å². The predicted octanol–water partition coefficient (Wildman–Crippen LogP) is 1.53. The maximum absolute atomic E-state index is 13.1. The Morgan fingerprint density at radius 3 is 2.81 bits per heavy atom. The van der Waals surface area contributed by atoms with Gasteiger partial charge in [-0.1, -0.05) is 12.1 Å². The van der Waals surface area contributed by atoms with E-state index in [0.29, 0.717) is 25.1 Å². The third-order valence-corrected chi connectivity index (χ3v) is 2.39. The van der Waals surface area contributed by atoms with Gasteiger partial charge in [0.25, 0.3) is 0 Å². The van der Waals surface area contributed by atoms with E-state index >= 15 is 0 Å². The van der Waals surface area contributed by atoms with Gasteiger partial charge in [-0.2, -0.15) is 0 Å². The van der Waals surface area contributed by atoms with Crippen LogP contribution in [0.15, 0.2) is 18.2 Å². The van der Waals surface area contributed by atoms with E-state index in [2.05, 4.69) is 0 Å². The maximum atomic E-state index is 13.1. The van der Waals surface area contributed by atoms with Gasteiger partial charge in [0.05, 0.1) is 6.10 Å². The van der Waals surface area contributed by atoms with Crippen LogP contribution in [0, 0.1) is 12.7 Å². The molecule has 0 aliphatic rings. The van der Waals surface area contributed by atoms with E-state index in [1.54, 1.807) is 19.1 Å². The molecule has 0 aliphatic carbocycles. The molecule has 0 bridgehead atoms. The Morgan fingerprint density at radius 2 is 2.25 bits per heavy atom. The average Bonchev–Trinajstić information content (AvgIpc) is 2.29. The highest BCUT2D eigenvalue weighted by atomic mass is 19.1. The molecule has 1 aromatic carbocycles. The summed E-state index contributed by atoms with van der Waals surface area (Å²) < 4.78 is 18.6. The van der Waals surface area contributed by atoms with Crippen molar-refractivity contribution in [1.82, 2.24) is 0 Å². The minimum Gasteiger partial charge on any atom is -0.396 e. The largest absolute Gasteiger partial charge is 0.396 e. The van der Waals surface area contributed by atoms with Crippen molar-refractivity contribution in [3.63, 3.8) is 0 Å². The summed E-state index contributed by atoms with van der Waals surface area (Å²) in [5.74, 6) is -0.227. The summed E-state index contributed by atoms with van der Waals surface area (Å²) in [6.07, 6.45) is 0.349. The molecular weight excluding hydrogens is 209 g/mol. The lowest BCUT2D eigenvalue weighted by Gasteiger charge is -2.16. The highest BCUT2D eigenvalue weighted by molar-refractivity contribution is 5.25. The zero-order valence-electron chi connectivity index (χ0n) is 9.45. The molecule has 1 rings (SSSR count). The topological polar surface area (TPSA) is 55.5 Å². The van der Waals surface area contributed by atoms with Gasteiger partial charge in [-0.3, -0.25) is 0 Å². The normalized spacial score (nSPS) is 12.8. The third kappa shape index (κ3) is 3.56. The van der Waals surface area contributed by atoms with Crippen molar-refractivity contribution in [2.24, 2.45) is 5.73 Å². The van der Waals surface area contributed by atoms with Gasteiger partial charge >= 0.3 is 0 Å². The quantitative estimate of drug-likeness (QED) is 0.725. The minimum atomic E-state index is -0.231. The summed E-state index contributed by atoms with van der Waals surface area (Å²) in [4.78, 5) is 0. The zero-order chi connectivity index (χ0) is 12.0. The van der Waals surface area contributed by atoms with Crippen molar-refractivity contribution in [2.75, 3.05) is 19.8 Å². The van der Waals surface area contributed by atoms with Crippen LogP contribution in [0.1, 0.15) is 23.7 Å².